The van der Waals surface area contributed by atoms with Gasteiger partial charge in [-0.05, 0) is 35.4 Å². The average Bonchev–Trinajstić information content (AvgIpc) is 2.40. The molecule has 0 aliphatic carbocycles. The van der Waals surface area contributed by atoms with Gasteiger partial charge in [0.05, 0.1) is 0 Å². The van der Waals surface area contributed by atoms with Gasteiger partial charge < -0.3 is 15.2 Å². The molecule has 1 atom stereocenters. The third-order valence-corrected chi connectivity index (χ3v) is 3.55. The topological polar surface area (TPSA) is 75.6 Å². The van der Waals surface area contributed by atoms with E-state index < -0.39 is 17.9 Å². The van der Waals surface area contributed by atoms with E-state index in [0.29, 0.717) is 5.75 Å². The average molecular weight is 321 g/mol. The molecule has 23 heavy (non-hydrogen) atoms. The predicted molar refractivity (Wildman–Crippen MR) is 89.8 cm³/mol. The van der Waals surface area contributed by atoms with Crippen LogP contribution >= 0.6 is 0 Å². The highest BCUT2D eigenvalue weighted by atomic mass is 16.5. The number of amides is 1. The second-order valence-corrected chi connectivity index (χ2v) is 7.17. The van der Waals surface area contributed by atoms with Crippen molar-refractivity contribution in [3.05, 3.63) is 29.3 Å². The number of hydrogen-bond donors (Lipinski definition) is 2. The molecule has 5 heteroatoms. The molecule has 0 aliphatic heterocycles. The fourth-order valence-corrected chi connectivity index (χ4v) is 2.24. The number of ether oxygens (including phenoxy) is 1. The zero-order chi connectivity index (χ0) is 17.8. The van der Waals surface area contributed by atoms with Crippen LogP contribution in [0.1, 0.15) is 45.7 Å². The van der Waals surface area contributed by atoms with E-state index in [0.717, 1.165) is 11.1 Å². The van der Waals surface area contributed by atoms with Crippen molar-refractivity contribution in [2.75, 3.05) is 6.61 Å². The van der Waals surface area contributed by atoms with Crippen LogP contribution in [0.3, 0.4) is 0 Å². The summed E-state index contributed by atoms with van der Waals surface area (Å²) >= 11 is 0. The Hall–Kier alpha value is -2.04. The van der Waals surface area contributed by atoms with E-state index in [1.807, 2.05) is 25.1 Å². The molecule has 0 heterocycles. The first-order chi connectivity index (χ1) is 10.5. The minimum Gasteiger partial charge on any atom is -0.483 e. The summed E-state index contributed by atoms with van der Waals surface area (Å²) in [5.74, 6) is -1.02. The zero-order valence-corrected chi connectivity index (χ0v) is 14.8. The highest BCUT2D eigenvalue weighted by Gasteiger charge is 2.24. The Kier molecular flexibility index (Phi) is 6.19. The van der Waals surface area contributed by atoms with Crippen LogP contribution in [0.25, 0.3) is 0 Å². The minimum absolute atomic E-state index is 0.110. The summed E-state index contributed by atoms with van der Waals surface area (Å²) in [6.07, 6.45) is 0. The fraction of sp³-hybridized carbons (Fsp3) is 0.556. The van der Waals surface area contributed by atoms with Gasteiger partial charge in [-0.2, -0.15) is 0 Å². The summed E-state index contributed by atoms with van der Waals surface area (Å²) in [5, 5.41) is 11.6. The monoisotopic (exact) mass is 321 g/mol. The highest BCUT2D eigenvalue weighted by Crippen LogP contribution is 2.32. The molecule has 0 saturated carbocycles. The van der Waals surface area contributed by atoms with Crippen molar-refractivity contribution in [2.45, 2.75) is 53.0 Å². The van der Waals surface area contributed by atoms with E-state index in [1.54, 1.807) is 13.8 Å². The lowest BCUT2D eigenvalue weighted by molar-refractivity contribution is -0.143. The summed E-state index contributed by atoms with van der Waals surface area (Å²) in [4.78, 5) is 23.1. The van der Waals surface area contributed by atoms with Crippen molar-refractivity contribution >= 4 is 11.9 Å². The number of carboxylic acids is 1. The molecule has 0 bridgehead atoms. The number of aliphatic carboxylic acids is 1. The van der Waals surface area contributed by atoms with Crippen LogP contribution in [-0.4, -0.2) is 29.6 Å². The van der Waals surface area contributed by atoms with Crippen molar-refractivity contribution in [3.63, 3.8) is 0 Å². The zero-order valence-electron chi connectivity index (χ0n) is 14.8. The van der Waals surface area contributed by atoms with E-state index >= 15 is 0 Å². The van der Waals surface area contributed by atoms with Crippen LogP contribution in [0.2, 0.25) is 0 Å². The molecule has 0 spiro atoms. The summed E-state index contributed by atoms with van der Waals surface area (Å²) < 4.78 is 5.66. The molecule has 128 valence electrons. The second-order valence-electron chi connectivity index (χ2n) is 7.17. The predicted octanol–water partition coefficient (Wildman–Crippen LogP) is 2.90. The molecule has 0 aromatic heterocycles. The second kappa shape index (κ2) is 7.49. The highest BCUT2D eigenvalue weighted by molar-refractivity contribution is 5.84. The number of benzene rings is 1. The van der Waals surface area contributed by atoms with Gasteiger partial charge in [-0.25, -0.2) is 4.79 Å². The lowest BCUT2D eigenvalue weighted by Crippen LogP contribution is -2.46. The summed E-state index contributed by atoms with van der Waals surface area (Å²) in [6, 6.07) is 4.99. The first kappa shape index (κ1) is 19.0. The maximum atomic E-state index is 12.0. The minimum atomic E-state index is -1.04. The first-order valence-electron chi connectivity index (χ1n) is 7.78. The molecular weight excluding hydrogens is 294 g/mol. The Balaban J connectivity index is 2.80. The van der Waals surface area contributed by atoms with Gasteiger partial charge in [0.1, 0.15) is 11.8 Å². The van der Waals surface area contributed by atoms with Gasteiger partial charge in [0, 0.05) is 0 Å². The van der Waals surface area contributed by atoms with Crippen molar-refractivity contribution in [1.82, 2.24) is 5.32 Å². The van der Waals surface area contributed by atoms with Gasteiger partial charge in [-0.1, -0.05) is 46.8 Å². The van der Waals surface area contributed by atoms with E-state index in [1.165, 1.54) is 0 Å². The Bertz CT molecular complexity index is 573. The Morgan fingerprint density at radius 2 is 1.87 bits per heavy atom. The molecule has 0 aliphatic rings. The molecule has 1 amide bonds. The molecular formula is C18H27NO4. The standard InChI is InChI=1S/C18H27NO4/c1-11(2)16(17(21)22)19-15(20)10-23-14-9-12(3)7-8-13(14)18(4,5)6/h7-9,11,16H,10H2,1-6H3,(H,19,20)(H,21,22). The maximum Gasteiger partial charge on any atom is 0.326 e. The molecule has 1 unspecified atom stereocenters. The Morgan fingerprint density at radius 3 is 2.35 bits per heavy atom. The van der Waals surface area contributed by atoms with Crippen LogP contribution in [0.4, 0.5) is 0 Å². The number of carboxylic acid groups (broad SMARTS) is 1. The summed E-state index contributed by atoms with van der Waals surface area (Å²) in [7, 11) is 0. The first-order valence-corrected chi connectivity index (χ1v) is 7.78. The quantitative estimate of drug-likeness (QED) is 0.845. The van der Waals surface area contributed by atoms with Gasteiger partial charge >= 0.3 is 5.97 Å². The largest absolute Gasteiger partial charge is 0.483 e. The fourth-order valence-electron chi connectivity index (χ4n) is 2.24. The van der Waals surface area contributed by atoms with Crippen molar-refractivity contribution in [2.24, 2.45) is 5.92 Å². The van der Waals surface area contributed by atoms with E-state index in [9.17, 15) is 9.59 Å². The SMILES string of the molecule is Cc1ccc(C(C)(C)C)c(OCC(=O)NC(C(=O)O)C(C)C)c1. The van der Waals surface area contributed by atoms with Gasteiger partial charge in [0.2, 0.25) is 0 Å². The number of hydrogen-bond acceptors (Lipinski definition) is 3. The number of rotatable bonds is 6. The van der Waals surface area contributed by atoms with Crippen LogP contribution in [-0.2, 0) is 15.0 Å². The van der Waals surface area contributed by atoms with E-state index in [-0.39, 0.29) is 17.9 Å². The van der Waals surface area contributed by atoms with Gasteiger partial charge in [-0.3, -0.25) is 4.79 Å². The number of carbonyl (C=O) groups excluding carboxylic acids is 1. The number of carbonyl (C=O) groups is 2. The molecule has 2 N–H and O–H groups in total. The maximum absolute atomic E-state index is 12.0. The molecule has 1 rings (SSSR count). The van der Waals surface area contributed by atoms with Crippen LogP contribution in [0, 0.1) is 12.8 Å². The molecule has 5 nitrogen and oxygen atoms in total. The van der Waals surface area contributed by atoms with Crippen LogP contribution in [0.15, 0.2) is 18.2 Å². The smallest absolute Gasteiger partial charge is 0.326 e. The van der Waals surface area contributed by atoms with E-state index in [4.69, 9.17) is 9.84 Å². The summed E-state index contributed by atoms with van der Waals surface area (Å²) in [6.45, 7) is 11.5. The molecule has 1 aromatic carbocycles. The van der Waals surface area contributed by atoms with Crippen molar-refractivity contribution in [3.8, 4) is 5.75 Å². The molecule has 1 aromatic rings. The molecule has 0 fully saturated rings. The van der Waals surface area contributed by atoms with Crippen LogP contribution < -0.4 is 10.1 Å². The molecule has 0 saturated heterocycles. The van der Waals surface area contributed by atoms with Crippen molar-refractivity contribution in [1.29, 1.82) is 0 Å². The third kappa shape index (κ3) is 5.58. The lowest BCUT2D eigenvalue weighted by atomic mass is 9.86. The molecule has 0 radical (unpaired) electrons. The number of nitrogens with one attached hydrogen (secondary N) is 1. The third-order valence-electron chi connectivity index (χ3n) is 3.55. The van der Waals surface area contributed by atoms with E-state index in [2.05, 4.69) is 26.1 Å². The lowest BCUT2D eigenvalue weighted by Gasteiger charge is -2.23. The van der Waals surface area contributed by atoms with Gasteiger partial charge in [0.15, 0.2) is 6.61 Å². The van der Waals surface area contributed by atoms with Gasteiger partial charge in [0.25, 0.3) is 5.91 Å². The Morgan fingerprint density at radius 1 is 1.26 bits per heavy atom. The van der Waals surface area contributed by atoms with Crippen LogP contribution in [0.5, 0.6) is 5.75 Å². The van der Waals surface area contributed by atoms with Gasteiger partial charge in [-0.15, -0.1) is 0 Å². The van der Waals surface area contributed by atoms with Crippen molar-refractivity contribution < 1.29 is 19.4 Å². The normalized spacial score (nSPS) is 12.8. The number of aryl methyl sites for hydroxylation is 1. The Labute approximate surface area is 138 Å². The summed E-state index contributed by atoms with van der Waals surface area (Å²) in [5.41, 5.74) is 1.94.